The third-order valence-corrected chi connectivity index (χ3v) is 5.34. The van der Waals surface area contributed by atoms with Gasteiger partial charge in [0.15, 0.2) is 6.61 Å². The van der Waals surface area contributed by atoms with Crippen LogP contribution in [0.5, 0.6) is 0 Å². The molecule has 1 atom stereocenters. The third-order valence-electron chi connectivity index (χ3n) is 4.12. The molecule has 0 radical (unpaired) electrons. The Bertz CT molecular complexity index is 797. The Labute approximate surface area is 154 Å². The summed E-state index contributed by atoms with van der Waals surface area (Å²) in [6.45, 7) is 1.84. The number of imide groups is 1. The highest BCUT2D eigenvalue weighted by Gasteiger charge is 2.22. The van der Waals surface area contributed by atoms with E-state index in [1.54, 1.807) is 12.1 Å². The van der Waals surface area contributed by atoms with Gasteiger partial charge in [0.1, 0.15) is 10.6 Å². The molecule has 138 valence electrons. The normalized spacial score (nSPS) is 15.8. The summed E-state index contributed by atoms with van der Waals surface area (Å²) in [5, 5.41) is 4.57. The van der Waals surface area contributed by atoms with E-state index < -0.39 is 24.5 Å². The fourth-order valence-electron chi connectivity index (χ4n) is 2.80. The van der Waals surface area contributed by atoms with Gasteiger partial charge in [-0.15, -0.1) is 11.3 Å². The lowest BCUT2D eigenvalue weighted by Crippen LogP contribution is -2.41. The molecule has 0 aliphatic heterocycles. The van der Waals surface area contributed by atoms with E-state index in [0.29, 0.717) is 16.6 Å². The van der Waals surface area contributed by atoms with Crippen LogP contribution in [0.15, 0.2) is 28.9 Å². The molecule has 0 fully saturated rings. The van der Waals surface area contributed by atoms with Gasteiger partial charge in [0.2, 0.25) is 0 Å². The fraction of sp³-hybridized carbons (Fsp3) is 0.389. The van der Waals surface area contributed by atoms with Crippen LogP contribution in [0.25, 0.3) is 0 Å². The minimum Gasteiger partial charge on any atom is -0.467 e. The zero-order chi connectivity index (χ0) is 18.5. The second-order valence-corrected chi connectivity index (χ2v) is 7.43. The molecule has 0 saturated carbocycles. The van der Waals surface area contributed by atoms with Gasteiger partial charge in [-0.3, -0.25) is 10.1 Å². The lowest BCUT2D eigenvalue weighted by molar-refractivity contribution is -0.123. The van der Waals surface area contributed by atoms with Crippen molar-refractivity contribution in [2.24, 2.45) is 5.92 Å². The number of hydrogen-bond donors (Lipinski definition) is 2. The van der Waals surface area contributed by atoms with Gasteiger partial charge < -0.3 is 14.5 Å². The van der Waals surface area contributed by atoms with Crippen LogP contribution in [-0.4, -0.2) is 24.5 Å². The van der Waals surface area contributed by atoms with Crippen molar-refractivity contribution >= 4 is 29.2 Å². The number of carbonyl (C=O) groups excluding carboxylic acids is 3. The Hall–Kier alpha value is -2.61. The summed E-state index contributed by atoms with van der Waals surface area (Å²) in [5.74, 6) is -0.0464. The topological polar surface area (TPSA) is 97.6 Å². The lowest BCUT2D eigenvalue weighted by Gasteiger charge is -2.16. The predicted octanol–water partition coefficient (Wildman–Crippen LogP) is 2.65. The Morgan fingerprint density at radius 2 is 2.23 bits per heavy atom. The number of furan rings is 1. The molecule has 2 N–H and O–H groups in total. The number of carbonyl (C=O) groups is 3. The fourth-order valence-corrected chi connectivity index (χ4v) is 3.90. The number of rotatable bonds is 5. The highest BCUT2D eigenvalue weighted by molar-refractivity contribution is 7.14. The van der Waals surface area contributed by atoms with Crippen LogP contribution >= 0.6 is 11.3 Å². The lowest BCUT2D eigenvalue weighted by atomic mass is 9.90. The Kier molecular flexibility index (Phi) is 5.72. The van der Waals surface area contributed by atoms with Gasteiger partial charge in [0.25, 0.3) is 5.91 Å². The summed E-state index contributed by atoms with van der Waals surface area (Å²) >= 11 is 1.42. The van der Waals surface area contributed by atoms with Crippen LogP contribution in [0.3, 0.4) is 0 Å². The van der Waals surface area contributed by atoms with Gasteiger partial charge in [-0.2, -0.15) is 0 Å². The summed E-state index contributed by atoms with van der Waals surface area (Å²) in [4.78, 5) is 37.2. The van der Waals surface area contributed by atoms with Crippen molar-refractivity contribution in [1.29, 1.82) is 0 Å². The Morgan fingerprint density at radius 3 is 3.00 bits per heavy atom. The first-order valence-corrected chi connectivity index (χ1v) is 9.21. The molecule has 3 rings (SSSR count). The van der Waals surface area contributed by atoms with Crippen LogP contribution in [0.2, 0.25) is 0 Å². The quantitative estimate of drug-likeness (QED) is 0.782. The predicted molar refractivity (Wildman–Crippen MR) is 94.9 cm³/mol. The number of thiophene rings is 1. The summed E-state index contributed by atoms with van der Waals surface area (Å²) in [6, 6.07) is 4.57. The molecule has 26 heavy (non-hydrogen) atoms. The second-order valence-electron chi connectivity index (χ2n) is 6.29. The smallest absolute Gasteiger partial charge is 0.348 e. The molecule has 2 heterocycles. The SMILES string of the molecule is C[C@@H]1CCc2sc(C(=O)OCC(=O)NC(=O)NCc3ccco3)cc2C1. The van der Waals surface area contributed by atoms with Crippen molar-refractivity contribution in [1.82, 2.24) is 10.6 Å². The zero-order valence-electron chi connectivity index (χ0n) is 14.4. The van der Waals surface area contributed by atoms with E-state index in [9.17, 15) is 14.4 Å². The van der Waals surface area contributed by atoms with E-state index >= 15 is 0 Å². The van der Waals surface area contributed by atoms with Crippen molar-refractivity contribution in [2.75, 3.05) is 6.61 Å². The van der Waals surface area contributed by atoms with Crippen molar-refractivity contribution in [3.63, 3.8) is 0 Å². The number of urea groups is 1. The molecule has 7 nitrogen and oxygen atoms in total. The molecule has 1 aliphatic rings. The standard InChI is InChI=1S/C18H20N2O5S/c1-11-4-5-14-12(7-11)8-15(26-14)17(22)25-10-16(21)20-18(23)19-9-13-3-2-6-24-13/h2-3,6,8,11H,4-5,7,9-10H2,1H3,(H2,19,20,21,23)/t11-/m1/s1. The average molecular weight is 376 g/mol. The largest absolute Gasteiger partial charge is 0.467 e. The van der Waals surface area contributed by atoms with Gasteiger partial charge in [-0.1, -0.05) is 6.92 Å². The molecule has 0 saturated heterocycles. The molecule has 0 spiro atoms. The van der Waals surface area contributed by atoms with E-state index in [1.165, 1.54) is 28.0 Å². The molecule has 2 aromatic rings. The first-order chi connectivity index (χ1) is 12.5. The van der Waals surface area contributed by atoms with Crippen molar-refractivity contribution in [3.8, 4) is 0 Å². The molecule has 0 aromatic carbocycles. The average Bonchev–Trinajstić information content (AvgIpc) is 3.26. The Balaban J connectivity index is 1.42. The van der Waals surface area contributed by atoms with E-state index in [4.69, 9.17) is 9.15 Å². The van der Waals surface area contributed by atoms with E-state index in [1.807, 2.05) is 6.07 Å². The minimum atomic E-state index is -0.690. The summed E-state index contributed by atoms with van der Waals surface area (Å²) in [5.41, 5.74) is 1.20. The van der Waals surface area contributed by atoms with Crippen molar-refractivity contribution in [3.05, 3.63) is 45.5 Å². The van der Waals surface area contributed by atoms with E-state index in [-0.39, 0.29) is 6.54 Å². The molecule has 8 heteroatoms. The highest BCUT2D eigenvalue weighted by atomic mass is 32.1. The van der Waals surface area contributed by atoms with Crippen LogP contribution in [0.1, 0.15) is 39.2 Å². The number of esters is 1. The second kappa shape index (κ2) is 8.18. The monoisotopic (exact) mass is 376 g/mol. The number of hydrogen-bond acceptors (Lipinski definition) is 6. The van der Waals surface area contributed by atoms with Crippen LogP contribution in [0.4, 0.5) is 4.79 Å². The zero-order valence-corrected chi connectivity index (χ0v) is 15.2. The number of nitrogens with one attached hydrogen (secondary N) is 2. The molecule has 0 unspecified atom stereocenters. The van der Waals surface area contributed by atoms with Gasteiger partial charge in [0, 0.05) is 4.88 Å². The van der Waals surface area contributed by atoms with Crippen LogP contribution in [0, 0.1) is 5.92 Å². The van der Waals surface area contributed by atoms with Crippen LogP contribution < -0.4 is 10.6 Å². The van der Waals surface area contributed by atoms with E-state index in [2.05, 4.69) is 17.6 Å². The molecule has 1 aliphatic carbocycles. The van der Waals surface area contributed by atoms with Crippen molar-refractivity contribution in [2.45, 2.75) is 32.7 Å². The number of amides is 3. The Morgan fingerprint density at radius 1 is 1.38 bits per heavy atom. The maximum Gasteiger partial charge on any atom is 0.348 e. The molecule has 0 bridgehead atoms. The summed E-state index contributed by atoms with van der Waals surface area (Å²) in [7, 11) is 0. The first kappa shape index (κ1) is 18.2. The maximum atomic E-state index is 12.1. The van der Waals surface area contributed by atoms with Crippen molar-refractivity contribution < 1.29 is 23.5 Å². The maximum absolute atomic E-state index is 12.1. The van der Waals surface area contributed by atoms with E-state index in [0.717, 1.165) is 19.3 Å². The molecular weight excluding hydrogens is 356 g/mol. The highest BCUT2D eigenvalue weighted by Crippen LogP contribution is 2.32. The molecular formula is C18H20N2O5S. The third kappa shape index (κ3) is 4.72. The number of aryl methyl sites for hydroxylation is 1. The van der Waals surface area contributed by atoms with Gasteiger partial charge in [-0.25, -0.2) is 9.59 Å². The van der Waals surface area contributed by atoms with Gasteiger partial charge in [0.05, 0.1) is 12.8 Å². The summed E-state index contributed by atoms with van der Waals surface area (Å²) < 4.78 is 10.1. The summed E-state index contributed by atoms with van der Waals surface area (Å²) in [6.07, 6.45) is 4.56. The van der Waals surface area contributed by atoms with Gasteiger partial charge >= 0.3 is 12.0 Å². The number of ether oxygens (including phenoxy) is 1. The molecule has 2 aromatic heterocycles. The first-order valence-electron chi connectivity index (χ1n) is 8.40. The van der Waals surface area contributed by atoms with Crippen LogP contribution in [-0.2, 0) is 28.9 Å². The minimum absolute atomic E-state index is 0.158. The van der Waals surface area contributed by atoms with Gasteiger partial charge in [-0.05, 0) is 48.9 Å². The number of fused-ring (bicyclic) bond motifs is 1. The molecule has 3 amide bonds.